The summed E-state index contributed by atoms with van der Waals surface area (Å²) in [6.07, 6.45) is 1.13. The summed E-state index contributed by atoms with van der Waals surface area (Å²) in [6, 6.07) is 11.7. The minimum Gasteiger partial charge on any atom is -0.481 e. The number of guanidine groups is 1. The zero-order valence-corrected chi connectivity index (χ0v) is 35.3. The van der Waals surface area contributed by atoms with Crippen LogP contribution in [0, 0.1) is 0 Å². The fourth-order valence-corrected chi connectivity index (χ4v) is 6.98. The standard InChI is InChI=1S/C40H50N12O11S/c41-40(42)44-18-8-13-27-37(58)49-28(12-6-7-17-43-35(56)26-15-16-32(45-21-26)52-47-22-25-11-4-5-14-31(25)64(61,62)63)38(59)50-29(19-24-9-2-1-3-10-24)39(60)51-30(20-34(54)55)36(57)46-23-33(53)48-27/h1-5,9-11,14-16,21,27-30H,6-8,12-13,17-20,22-23H2,(H,43,56)(H,46,57)(H,48,53)(H,49,58)(H,50,59)(H,51,60)(H,54,55)(H4,41,42,44)(H,61,62,63)/t27-,28+,29+,30+/m0/s1. The number of hydrogen-bond donors (Lipinski definition) is 10. The minimum atomic E-state index is -4.46. The van der Waals surface area contributed by atoms with E-state index in [9.17, 15) is 51.6 Å². The highest BCUT2D eigenvalue weighted by molar-refractivity contribution is 7.85. The van der Waals surface area contributed by atoms with Crippen molar-refractivity contribution in [2.75, 3.05) is 19.6 Å². The van der Waals surface area contributed by atoms with Gasteiger partial charge in [0.15, 0.2) is 11.8 Å². The molecule has 1 fully saturated rings. The maximum atomic E-state index is 14.0. The lowest BCUT2D eigenvalue weighted by molar-refractivity contribution is -0.141. The van der Waals surface area contributed by atoms with Crippen LogP contribution in [0.1, 0.15) is 60.0 Å². The van der Waals surface area contributed by atoms with Gasteiger partial charge in [0.05, 0.1) is 30.0 Å². The number of nitrogens with two attached hydrogens (primary N) is 2. The predicted molar refractivity (Wildman–Crippen MR) is 228 cm³/mol. The molecule has 0 radical (unpaired) electrons. The van der Waals surface area contributed by atoms with E-state index >= 15 is 0 Å². The quantitative estimate of drug-likeness (QED) is 0.0250. The summed E-state index contributed by atoms with van der Waals surface area (Å²) >= 11 is 0. The van der Waals surface area contributed by atoms with E-state index in [4.69, 9.17) is 11.5 Å². The van der Waals surface area contributed by atoms with Crippen molar-refractivity contribution in [3.63, 3.8) is 0 Å². The average molecular weight is 907 g/mol. The number of rotatable bonds is 18. The molecule has 1 aromatic heterocycles. The summed E-state index contributed by atoms with van der Waals surface area (Å²) in [5.74, 6) is -6.23. The molecule has 0 saturated carbocycles. The van der Waals surface area contributed by atoms with E-state index in [0.717, 1.165) is 0 Å². The molecule has 1 saturated heterocycles. The van der Waals surface area contributed by atoms with Gasteiger partial charge in [-0.25, -0.2) is 4.98 Å². The third-order valence-corrected chi connectivity index (χ3v) is 10.4. The van der Waals surface area contributed by atoms with E-state index in [1.54, 1.807) is 36.4 Å². The first kappa shape index (κ1) is 49.3. The van der Waals surface area contributed by atoms with E-state index in [-0.39, 0.29) is 79.5 Å². The molecule has 23 nitrogen and oxygen atoms in total. The Morgan fingerprint density at radius 2 is 1.42 bits per heavy atom. The van der Waals surface area contributed by atoms with E-state index in [2.05, 4.69) is 52.1 Å². The van der Waals surface area contributed by atoms with Crippen LogP contribution in [0.4, 0.5) is 5.82 Å². The molecule has 12 N–H and O–H groups in total. The van der Waals surface area contributed by atoms with Crippen LogP contribution < -0.4 is 43.4 Å². The van der Waals surface area contributed by atoms with Gasteiger partial charge in [0.25, 0.3) is 16.0 Å². The number of carbonyl (C=O) groups excluding carboxylic acids is 6. The number of hydrogen-bond acceptors (Lipinski definition) is 13. The number of carboxylic acid groups (broad SMARTS) is 1. The smallest absolute Gasteiger partial charge is 0.305 e. The first-order chi connectivity index (χ1) is 30.5. The molecular weight excluding hydrogens is 857 g/mol. The Morgan fingerprint density at radius 3 is 2.09 bits per heavy atom. The molecule has 0 bridgehead atoms. The number of aromatic nitrogens is 1. The second-order valence-electron chi connectivity index (χ2n) is 14.4. The lowest BCUT2D eigenvalue weighted by Crippen LogP contribution is -2.58. The van der Waals surface area contributed by atoms with E-state index < -0.39 is 88.7 Å². The van der Waals surface area contributed by atoms with Crippen LogP contribution in [-0.2, 0) is 51.9 Å². The van der Waals surface area contributed by atoms with Crippen molar-refractivity contribution in [2.24, 2.45) is 26.7 Å². The van der Waals surface area contributed by atoms with E-state index in [1.165, 1.54) is 36.5 Å². The van der Waals surface area contributed by atoms with Gasteiger partial charge in [0.1, 0.15) is 24.2 Å². The number of carbonyl (C=O) groups is 7. The Hall–Kier alpha value is -7.34. The highest BCUT2D eigenvalue weighted by atomic mass is 32.2. The maximum absolute atomic E-state index is 14.0. The number of carboxylic acids is 1. The highest BCUT2D eigenvalue weighted by Gasteiger charge is 2.33. The van der Waals surface area contributed by atoms with Gasteiger partial charge in [-0.3, -0.25) is 43.1 Å². The summed E-state index contributed by atoms with van der Waals surface area (Å²) < 4.78 is 32.7. The Bertz CT molecular complexity index is 2310. The lowest BCUT2D eigenvalue weighted by atomic mass is 10.0. The molecular formula is C40H50N12O11S. The topological polar surface area (TPSA) is 368 Å². The number of aliphatic carboxylic acids is 1. The number of azo groups is 1. The van der Waals surface area contributed by atoms with Crippen LogP contribution in [0.3, 0.4) is 0 Å². The maximum Gasteiger partial charge on any atom is 0.305 e. The van der Waals surface area contributed by atoms with Crippen LogP contribution in [0.5, 0.6) is 0 Å². The molecule has 0 unspecified atom stereocenters. The molecule has 3 aromatic rings. The Balaban J connectivity index is 1.46. The predicted octanol–water partition coefficient (Wildman–Crippen LogP) is -0.648. The second kappa shape index (κ2) is 24.3. The zero-order valence-electron chi connectivity index (χ0n) is 34.4. The molecule has 64 heavy (non-hydrogen) atoms. The molecule has 1 aliphatic rings. The number of nitrogens with zero attached hydrogens (tertiary/aromatic N) is 4. The number of pyridine rings is 1. The number of unbranched alkanes of at least 4 members (excludes halogenated alkanes) is 1. The van der Waals surface area contributed by atoms with Gasteiger partial charge in [0.2, 0.25) is 29.5 Å². The lowest BCUT2D eigenvalue weighted by Gasteiger charge is -2.26. The van der Waals surface area contributed by atoms with Crippen molar-refractivity contribution in [1.29, 1.82) is 0 Å². The van der Waals surface area contributed by atoms with Crippen molar-refractivity contribution >= 4 is 63.3 Å². The molecule has 1 aliphatic heterocycles. The number of nitrogens with one attached hydrogen (secondary N) is 6. The van der Waals surface area contributed by atoms with Crippen molar-refractivity contribution in [3.05, 3.63) is 89.6 Å². The Labute approximate surface area is 367 Å². The molecule has 2 aromatic carbocycles. The van der Waals surface area contributed by atoms with Crippen LogP contribution in [-0.4, -0.2) is 114 Å². The normalized spacial score (nSPS) is 18.9. The van der Waals surface area contributed by atoms with Gasteiger partial charge in [-0.05, 0) is 61.4 Å². The SMILES string of the molecule is NC(N)=NCCC[C@@H]1NC(=O)CNC(=O)[C@@H](CC(=O)O)NC(=O)[C@@H](Cc2ccccc2)NC(=O)[C@@H](CCCCNC(=O)c2ccc(N=NCc3ccccc3S(=O)(=O)O)nc2)NC1=O. The Kier molecular flexibility index (Phi) is 18.8. The van der Waals surface area contributed by atoms with Gasteiger partial charge >= 0.3 is 5.97 Å². The average Bonchev–Trinajstić information content (AvgIpc) is 3.25. The minimum absolute atomic E-state index is 0.000562. The Morgan fingerprint density at radius 1 is 0.781 bits per heavy atom. The third kappa shape index (κ3) is 16.5. The van der Waals surface area contributed by atoms with Gasteiger partial charge in [-0.2, -0.15) is 13.5 Å². The molecule has 6 amide bonds. The molecule has 2 heterocycles. The van der Waals surface area contributed by atoms with Gasteiger partial charge < -0.3 is 48.5 Å². The fraction of sp³-hybridized carbons (Fsp3) is 0.375. The summed E-state index contributed by atoms with van der Waals surface area (Å²) in [4.78, 5) is 99.8. The van der Waals surface area contributed by atoms with Gasteiger partial charge in [0, 0.05) is 25.7 Å². The van der Waals surface area contributed by atoms with Crippen LogP contribution in [0.25, 0.3) is 0 Å². The first-order valence-corrected chi connectivity index (χ1v) is 21.4. The number of benzene rings is 2. The second-order valence-corrected chi connectivity index (χ2v) is 15.8. The number of amides is 6. The highest BCUT2D eigenvalue weighted by Crippen LogP contribution is 2.18. The molecule has 342 valence electrons. The largest absolute Gasteiger partial charge is 0.481 e. The van der Waals surface area contributed by atoms with Crippen molar-refractivity contribution in [3.8, 4) is 0 Å². The molecule has 0 spiro atoms. The summed E-state index contributed by atoms with van der Waals surface area (Å²) in [5.41, 5.74) is 11.8. The molecule has 4 rings (SSSR count). The first-order valence-electron chi connectivity index (χ1n) is 20.0. The van der Waals surface area contributed by atoms with Crippen LogP contribution in [0.2, 0.25) is 0 Å². The monoisotopic (exact) mass is 906 g/mol. The van der Waals surface area contributed by atoms with Gasteiger partial charge in [-0.1, -0.05) is 48.5 Å². The third-order valence-electron chi connectivity index (χ3n) is 9.46. The van der Waals surface area contributed by atoms with Crippen molar-refractivity contribution in [1.82, 2.24) is 36.9 Å². The van der Waals surface area contributed by atoms with Crippen molar-refractivity contribution in [2.45, 2.75) is 80.6 Å². The zero-order chi connectivity index (χ0) is 46.6. The number of aliphatic imine (C=N–C) groups is 1. The van der Waals surface area contributed by atoms with E-state index in [0.29, 0.717) is 12.0 Å². The summed E-state index contributed by atoms with van der Waals surface area (Å²) in [7, 11) is -4.46. The molecule has 24 heteroatoms. The van der Waals surface area contributed by atoms with Crippen LogP contribution >= 0.6 is 0 Å². The van der Waals surface area contributed by atoms with Gasteiger partial charge in [-0.15, -0.1) is 5.11 Å². The van der Waals surface area contributed by atoms with Crippen LogP contribution in [0.15, 0.2) is 93.0 Å². The molecule has 0 aliphatic carbocycles. The molecule has 4 atom stereocenters. The summed E-state index contributed by atoms with van der Waals surface area (Å²) in [6.45, 7) is -0.610. The fourth-order valence-electron chi connectivity index (χ4n) is 6.26. The van der Waals surface area contributed by atoms with Crippen molar-refractivity contribution < 1.29 is 51.6 Å². The van der Waals surface area contributed by atoms with E-state index in [1.807, 2.05) is 0 Å². The summed E-state index contributed by atoms with van der Waals surface area (Å²) in [5, 5.41) is 32.6.